The van der Waals surface area contributed by atoms with Gasteiger partial charge in [0.05, 0.1) is 11.1 Å². The van der Waals surface area contributed by atoms with E-state index in [9.17, 15) is 0 Å². The zero-order chi connectivity index (χ0) is 13.2. The third-order valence-electron chi connectivity index (χ3n) is 2.81. The number of alkyl halides is 1. The summed E-state index contributed by atoms with van der Waals surface area (Å²) < 4.78 is 6.96. The summed E-state index contributed by atoms with van der Waals surface area (Å²) in [7, 11) is 0. The standard InChI is InChI=1S/C15H16Br2O/c1-15(2,9-16)10-18-13-8-7-11-5-3-4-6-12(11)14(13)17/h3-8H,9-10H2,1-2H3. The van der Waals surface area contributed by atoms with Gasteiger partial charge < -0.3 is 4.74 Å². The third-order valence-corrected chi connectivity index (χ3v) is 5.14. The predicted octanol–water partition coefficient (Wildman–Crippen LogP) is 5.40. The fourth-order valence-corrected chi connectivity index (χ4v) is 2.41. The minimum Gasteiger partial charge on any atom is -0.492 e. The van der Waals surface area contributed by atoms with Crippen LogP contribution in [0.3, 0.4) is 0 Å². The Bertz CT molecular complexity index is 549. The highest BCUT2D eigenvalue weighted by atomic mass is 79.9. The molecule has 3 heteroatoms. The summed E-state index contributed by atoms with van der Waals surface area (Å²) >= 11 is 7.15. The normalized spacial score (nSPS) is 11.8. The molecule has 2 aromatic rings. The highest BCUT2D eigenvalue weighted by molar-refractivity contribution is 9.10. The molecule has 0 aliphatic rings. The molecule has 0 atom stereocenters. The summed E-state index contributed by atoms with van der Waals surface area (Å²) in [6.45, 7) is 5.04. The van der Waals surface area contributed by atoms with E-state index in [1.807, 2.05) is 18.2 Å². The lowest BCUT2D eigenvalue weighted by molar-refractivity contribution is 0.202. The molecule has 0 fully saturated rings. The molecule has 0 heterocycles. The van der Waals surface area contributed by atoms with Crippen molar-refractivity contribution in [2.75, 3.05) is 11.9 Å². The molecule has 0 radical (unpaired) electrons. The van der Waals surface area contributed by atoms with Crippen molar-refractivity contribution in [2.45, 2.75) is 13.8 Å². The van der Waals surface area contributed by atoms with E-state index in [2.05, 4.69) is 63.9 Å². The molecule has 0 aliphatic carbocycles. The van der Waals surface area contributed by atoms with Crippen LogP contribution >= 0.6 is 31.9 Å². The van der Waals surface area contributed by atoms with Gasteiger partial charge in [0, 0.05) is 10.7 Å². The van der Waals surface area contributed by atoms with Crippen molar-refractivity contribution in [3.8, 4) is 5.75 Å². The summed E-state index contributed by atoms with van der Waals surface area (Å²) in [5, 5.41) is 3.33. The maximum absolute atomic E-state index is 5.92. The Kier molecular flexibility index (Phi) is 4.33. The molecule has 0 bridgehead atoms. The van der Waals surface area contributed by atoms with Crippen LogP contribution in [0, 0.1) is 5.41 Å². The third kappa shape index (κ3) is 3.07. The van der Waals surface area contributed by atoms with E-state index in [-0.39, 0.29) is 5.41 Å². The molecule has 0 N–H and O–H groups in total. The molecule has 0 aliphatic heterocycles. The van der Waals surface area contributed by atoms with Gasteiger partial charge in [-0.05, 0) is 32.8 Å². The largest absolute Gasteiger partial charge is 0.492 e. The Morgan fingerprint density at radius 2 is 1.83 bits per heavy atom. The van der Waals surface area contributed by atoms with Gasteiger partial charge in [-0.1, -0.05) is 60.1 Å². The first-order valence-corrected chi connectivity index (χ1v) is 7.81. The lowest BCUT2D eigenvalue weighted by Crippen LogP contribution is -2.22. The molecule has 0 aromatic heterocycles. The maximum atomic E-state index is 5.92. The number of hydrogen-bond donors (Lipinski definition) is 0. The van der Waals surface area contributed by atoms with Gasteiger partial charge in [0.1, 0.15) is 5.75 Å². The van der Waals surface area contributed by atoms with Crippen LogP contribution in [0.15, 0.2) is 40.9 Å². The van der Waals surface area contributed by atoms with E-state index in [0.717, 1.165) is 15.6 Å². The lowest BCUT2D eigenvalue weighted by Gasteiger charge is -2.22. The van der Waals surface area contributed by atoms with Crippen molar-refractivity contribution in [3.63, 3.8) is 0 Å². The molecular formula is C15H16Br2O. The second kappa shape index (κ2) is 5.62. The van der Waals surface area contributed by atoms with Gasteiger partial charge in [-0.15, -0.1) is 0 Å². The number of halogens is 2. The second-order valence-electron chi connectivity index (χ2n) is 5.19. The van der Waals surface area contributed by atoms with Gasteiger partial charge in [0.25, 0.3) is 0 Å². The average molecular weight is 372 g/mol. The fourth-order valence-electron chi connectivity index (χ4n) is 1.64. The summed E-state index contributed by atoms with van der Waals surface area (Å²) in [5.74, 6) is 0.905. The molecule has 0 saturated heterocycles. The van der Waals surface area contributed by atoms with E-state index >= 15 is 0 Å². The van der Waals surface area contributed by atoms with E-state index < -0.39 is 0 Å². The van der Waals surface area contributed by atoms with E-state index in [0.29, 0.717) is 6.61 Å². The number of benzene rings is 2. The van der Waals surface area contributed by atoms with Gasteiger partial charge in [-0.2, -0.15) is 0 Å². The summed E-state index contributed by atoms with van der Waals surface area (Å²) in [6, 6.07) is 12.4. The average Bonchev–Trinajstić information content (AvgIpc) is 2.38. The van der Waals surface area contributed by atoms with Gasteiger partial charge >= 0.3 is 0 Å². The van der Waals surface area contributed by atoms with Gasteiger partial charge in [0.2, 0.25) is 0 Å². The molecule has 96 valence electrons. The zero-order valence-electron chi connectivity index (χ0n) is 10.5. The molecule has 2 aromatic carbocycles. The van der Waals surface area contributed by atoms with Crippen molar-refractivity contribution < 1.29 is 4.74 Å². The molecule has 18 heavy (non-hydrogen) atoms. The van der Waals surface area contributed by atoms with E-state index in [4.69, 9.17) is 4.74 Å². The molecule has 0 unspecified atom stereocenters. The number of rotatable bonds is 4. The van der Waals surface area contributed by atoms with E-state index in [1.165, 1.54) is 10.8 Å². The number of fused-ring (bicyclic) bond motifs is 1. The van der Waals surface area contributed by atoms with Crippen molar-refractivity contribution in [2.24, 2.45) is 5.41 Å². The lowest BCUT2D eigenvalue weighted by atomic mass is 9.98. The Morgan fingerprint density at radius 1 is 1.11 bits per heavy atom. The van der Waals surface area contributed by atoms with Crippen LogP contribution in [-0.4, -0.2) is 11.9 Å². The zero-order valence-corrected chi connectivity index (χ0v) is 13.7. The van der Waals surface area contributed by atoms with E-state index in [1.54, 1.807) is 0 Å². The van der Waals surface area contributed by atoms with Crippen molar-refractivity contribution in [1.82, 2.24) is 0 Å². The van der Waals surface area contributed by atoms with Crippen LogP contribution in [-0.2, 0) is 0 Å². The van der Waals surface area contributed by atoms with Crippen LogP contribution in [0.5, 0.6) is 5.75 Å². The fraction of sp³-hybridized carbons (Fsp3) is 0.333. The quantitative estimate of drug-likeness (QED) is 0.653. The van der Waals surface area contributed by atoms with Crippen LogP contribution in [0.2, 0.25) is 0 Å². The van der Waals surface area contributed by atoms with Crippen LogP contribution in [0.1, 0.15) is 13.8 Å². The number of ether oxygens (including phenoxy) is 1. The summed E-state index contributed by atoms with van der Waals surface area (Å²) in [4.78, 5) is 0. The topological polar surface area (TPSA) is 9.23 Å². The smallest absolute Gasteiger partial charge is 0.134 e. The highest BCUT2D eigenvalue weighted by Gasteiger charge is 2.18. The van der Waals surface area contributed by atoms with Crippen molar-refractivity contribution in [1.29, 1.82) is 0 Å². The minimum absolute atomic E-state index is 0.130. The monoisotopic (exact) mass is 370 g/mol. The van der Waals surface area contributed by atoms with Crippen LogP contribution in [0.25, 0.3) is 10.8 Å². The van der Waals surface area contributed by atoms with Gasteiger partial charge in [-0.3, -0.25) is 0 Å². The highest BCUT2D eigenvalue weighted by Crippen LogP contribution is 2.34. The first-order valence-electron chi connectivity index (χ1n) is 5.89. The van der Waals surface area contributed by atoms with Crippen molar-refractivity contribution in [3.05, 3.63) is 40.9 Å². The minimum atomic E-state index is 0.130. The Hall–Kier alpha value is -0.540. The number of hydrogen-bond acceptors (Lipinski definition) is 1. The van der Waals surface area contributed by atoms with Crippen molar-refractivity contribution >= 4 is 42.6 Å². The molecule has 1 nitrogen and oxygen atoms in total. The Balaban J connectivity index is 2.27. The predicted molar refractivity (Wildman–Crippen MR) is 84.7 cm³/mol. The SMILES string of the molecule is CC(C)(CBr)COc1ccc2ccccc2c1Br. The first kappa shape index (κ1) is 13.9. The second-order valence-corrected chi connectivity index (χ2v) is 6.54. The Labute approximate surface area is 125 Å². The van der Waals surface area contributed by atoms with Crippen LogP contribution < -0.4 is 4.74 Å². The molecule has 2 rings (SSSR count). The van der Waals surface area contributed by atoms with Gasteiger partial charge in [-0.25, -0.2) is 0 Å². The van der Waals surface area contributed by atoms with Gasteiger partial charge in [0.15, 0.2) is 0 Å². The summed E-state index contributed by atoms with van der Waals surface area (Å²) in [5.41, 5.74) is 0.130. The molecule has 0 saturated carbocycles. The maximum Gasteiger partial charge on any atom is 0.134 e. The molecule has 0 amide bonds. The molecular weight excluding hydrogens is 356 g/mol. The molecule has 0 spiro atoms. The Morgan fingerprint density at radius 3 is 2.56 bits per heavy atom. The summed E-state index contributed by atoms with van der Waals surface area (Å²) in [6.07, 6.45) is 0. The first-order chi connectivity index (χ1) is 8.53. The van der Waals surface area contributed by atoms with Crippen LogP contribution in [0.4, 0.5) is 0 Å².